The third kappa shape index (κ3) is 4.29. The van der Waals surface area contributed by atoms with Crippen LogP contribution in [0, 0.1) is 10.1 Å². The summed E-state index contributed by atoms with van der Waals surface area (Å²) in [6, 6.07) is 15.0. The number of thioether (sulfide) groups is 1. The molecule has 1 heterocycles. The molecule has 0 atom stereocenters. The highest BCUT2D eigenvalue weighted by atomic mass is 32.2. The maximum Gasteiger partial charge on any atom is 0.344 e. The molecule has 3 rings (SSSR count). The average Bonchev–Trinajstić information content (AvgIpc) is 2.98. The van der Waals surface area contributed by atoms with Crippen molar-refractivity contribution in [2.45, 2.75) is 6.92 Å². The molecule has 7 nitrogen and oxygen atoms in total. The zero-order chi connectivity index (χ0) is 20.1. The van der Waals surface area contributed by atoms with Crippen molar-refractivity contribution in [3.8, 4) is 0 Å². The summed E-state index contributed by atoms with van der Waals surface area (Å²) < 4.78 is 5.05. The van der Waals surface area contributed by atoms with Gasteiger partial charge in [0.1, 0.15) is 16.4 Å². The summed E-state index contributed by atoms with van der Waals surface area (Å²) in [7, 11) is 0. The van der Waals surface area contributed by atoms with Crippen LogP contribution in [0.2, 0.25) is 0 Å². The van der Waals surface area contributed by atoms with Crippen LogP contribution >= 0.6 is 11.8 Å². The van der Waals surface area contributed by atoms with Crippen LogP contribution in [0.3, 0.4) is 0 Å². The first kappa shape index (κ1) is 19.4. The lowest BCUT2D eigenvalue weighted by atomic mass is 10.1. The van der Waals surface area contributed by atoms with Gasteiger partial charge in [0.25, 0.3) is 5.69 Å². The van der Waals surface area contributed by atoms with Crippen LogP contribution in [0.4, 0.5) is 11.4 Å². The van der Waals surface area contributed by atoms with Crippen molar-refractivity contribution in [1.82, 2.24) is 0 Å². The molecule has 0 fully saturated rings. The van der Waals surface area contributed by atoms with E-state index in [1.165, 1.54) is 12.1 Å². The number of rotatable bonds is 5. The molecule has 0 aliphatic carbocycles. The lowest BCUT2D eigenvalue weighted by molar-refractivity contribution is -0.384. The van der Waals surface area contributed by atoms with Gasteiger partial charge in [0, 0.05) is 12.1 Å². The van der Waals surface area contributed by atoms with E-state index in [0.29, 0.717) is 21.2 Å². The normalized spacial score (nSPS) is 16.6. The Hall–Kier alpha value is -3.39. The highest BCUT2D eigenvalue weighted by Gasteiger charge is 2.33. The van der Waals surface area contributed by atoms with Gasteiger partial charge >= 0.3 is 5.97 Å². The van der Waals surface area contributed by atoms with E-state index in [1.54, 1.807) is 37.3 Å². The molecule has 0 saturated heterocycles. The maximum atomic E-state index is 12.3. The molecule has 0 spiro atoms. The van der Waals surface area contributed by atoms with Crippen molar-refractivity contribution in [3.63, 3.8) is 0 Å². The maximum absolute atomic E-state index is 12.3. The Balaban J connectivity index is 2.04. The summed E-state index contributed by atoms with van der Waals surface area (Å²) in [5.41, 5.74) is 1.06. The summed E-state index contributed by atoms with van der Waals surface area (Å²) in [5.74, 6) is -0.936. The number of ether oxygens (including phenoxy) is 1. The van der Waals surface area contributed by atoms with E-state index in [0.717, 1.165) is 11.8 Å². The van der Waals surface area contributed by atoms with Gasteiger partial charge in [0.05, 0.1) is 22.1 Å². The Morgan fingerprint density at radius 3 is 2.68 bits per heavy atom. The van der Waals surface area contributed by atoms with Gasteiger partial charge in [-0.2, -0.15) is 0 Å². The number of nitro benzene ring substituents is 1. The van der Waals surface area contributed by atoms with Crippen LogP contribution in [0.5, 0.6) is 0 Å². The second kappa shape index (κ2) is 8.53. The number of nitro groups is 1. The predicted octanol–water partition coefficient (Wildman–Crippen LogP) is 4.79. The SMILES string of the molecule is CCOC(=O)C1=C(O)C(=Cc2cccc([N+](=O)[O-])c2)SC1=Nc1ccccc1. The average molecular weight is 396 g/mol. The summed E-state index contributed by atoms with van der Waals surface area (Å²) in [5, 5.41) is 21.9. The molecular formula is C20H16N2O5S. The van der Waals surface area contributed by atoms with Crippen molar-refractivity contribution < 1.29 is 19.6 Å². The summed E-state index contributed by atoms with van der Waals surface area (Å²) in [4.78, 5) is 27.6. The molecule has 1 N–H and O–H groups in total. The summed E-state index contributed by atoms with van der Waals surface area (Å²) >= 11 is 1.10. The Bertz CT molecular complexity index is 1010. The molecule has 0 radical (unpaired) electrons. The van der Waals surface area contributed by atoms with E-state index in [1.807, 2.05) is 18.2 Å². The lowest BCUT2D eigenvalue weighted by Crippen LogP contribution is -2.12. The number of aliphatic hydroxyl groups is 1. The molecular weight excluding hydrogens is 380 g/mol. The summed E-state index contributed by atoms with van der Waals surface area (Å²) in [6.45, 7) is 1.83. The Labute approximate surface area is 165 Å². The summed E-state index contributed by atoms with van der Waals surface area (Å²) in [6.07, 6.45) is 1.57. The van der Waals surface area contributed by atoms with E-state index >= 15 is 0 Å². The molecule has 2 aromatic rings. The van der Waals surface area contributed by atoms with Crippen molar-refractivity contribution in [2.24, 2.45) is 4.99 Å². The minimum atomic E-state index is -0.676. The van der Waals surface area contributed by atoms with Gasteiger partial charge in [-0.25, -0.2) is 9.79 Å². The Morgan fingerprint density at radius 1 is 1.25 bits per heavy atom. The van der Waals surface area contributed by atoms with Crippen LogP contribution in [0.25, 0.3) is 6.08 Å². The van der Waals surface area contributed by atoms with E-state index in [2.05, 4.69) is 4.99 Å². The van der Waals surface area contributed by atoms with Crippen LogP contribution in [0.1, 0.15) is 12.5 Å². The van der Waals surface area contributed by atoms with Gasteiger partial charge < -0.3 is 9.84 Å². The zero-order valence-corrected chi connectivity index (χ0v) is 15.7. The van der Waals surface area contributed by atoms with Crippen LogP contribution in [-0.2, 0) is 9.53 Å². The van der Waals surface area contributed by atoms with Crippen molar-refractivity contribution in [2.75, 3.05) is 6.61 Å². The number of hydrogen-bond donors (Lipinski definition) is 1. The first-order valence-corrected chi connectivity index (χ1v) is 9.20. The van der Waals surface area contributed by atoms with Crippen LogP contribution in [-0.4, -0.2) is 27.6 Å². The minimum Gasteiger partial charge on any atom is -0.506 e. The van der Waals surface area contributed by atoms with E-state index in [9.17, 15) is 20.0 Å². The van der Waals surface area contributed by atoms with Crippen molar-refractivity contribution >= 4 is 40.2 Å². The number of hydrogen-bond acceptors (Lipinski definition) is 7. The quantitative estimate of drug-likeness (QED) is 0.443. The first-order valence-electron chi connectivity index (χ1n) is 8.38. The van der Waals surface area contributed by atoms with Gasteiger partial charge in [-0.15, -0.1) is 0 Å². The molecule has 142 valence electrons. The number of carbonyl (C=O) groups excluding carboxylic acids is 1. The van der Waals surface area contributed by atoms with Crippen LogP contribution < -0.4 is 0 Å². The molecule has 1 aliphatic heterocycles. The zero-order valence-electron chi connectivity index (χ0n) is 14.9. The fraction of sp³-hybridized carbons (Fsp3) is 0.100. The van der Waals surface area contributed by atoms with Crippen LogP contribution in [0.15, 0.2) is 75.8 Å². The second-order valence-corrected chi connectivity index (χ2v) is 6.69. The van der Waals surface area contributed by atoms with E-state index in [-0.39, 0.29) is 23.6 Å². The monoisotopic (exact) mass is 396 g/mol. The minimum absolute atomic E-state index is 0.0209. The molecule has 1 aliphatic rings. The number of carbonyl (C=O) groups is 1. The van der Waals surface area contributed by atoms with Gasteiger partial charge in [-0.1, -0.05) is 42.1 Å². The molecule has 28 heavy (non-hydrogen) atoms. The molecule has 0 aromatic heterocycles. The molecule has 2 aromatic carbocycles. The predicted molar refractivity (Wildman–Crippen MR) is 108 cm³/mol. The fourth-order valence-electron chi connectivity index (χ4n) is 2.49. The fourth-order valence-corrected chi connectivity index (χ4v) is 3.53. The number of aliphatic hydroxyl groups excluding tert-OH is 1. The number of aliphatic imine (C=N–C) groups is 1. The molecule has 0 unspecified atom stereocenters. The van der Waals surface area contributed by atoms with Crippen molar-refractivity contribution in [3.05, 3.63) is 86.5 Å². The third-order valence-electron chi connectivity index (χ3n) is 3.74. The first-order chi connectivity index (χ1) is 13.5. The van der Waals surface area contributed by atoms with Gasteiger partial charge in [0.15, 0.2) is 0 Å². The van der Waals surface area contributed by atoms with Crippen molar-refractivity contribution in [1.29, 1.82) is 0 Å². The van der Waals surface area contributed by atoms with Gasteiger partial charge in [-0.05, 0) is 30.7 Å². The topological polar surface area (TPSA) is 102 Å². The number of para-hydroxylation sites is 1. The number of nitrogens with zero attached hydrogens (tertiary/aromatic N) is 2. The number of non-ortho nitro benzene ring substituents is 1. The number of benzene rings is 2. The highest BCUT2D eigenvalue weighted by molar-refractivity contribution is 8.18. The molecule has 0 saturated carbocycles. The molecule has 8 heteroatoms. The Morgan fingerprint density at radius 2 is 2.00 bits per heavy atom. The largest absolute Gasteiger partial charge is 0.506 e. The highest BCUT2D eigenvalue weighted by Crippen LogP contribution is 2.40. The number of esters is 1. The lowest BCUT2D eigenvalue weighted by Gasteiger charge is -2.03. The molecule has 0 amide bonds. The van der Waals surface area contributed by atoms with Gasteiger partial charge in [0.2, 0.25) is 0 Å². The standard InChI is InChI=1S/C20H16N2O5S/c1-2-27-20(24)17-18(23)16(12-13-7-6-10-15(11-13)22(25)26)28-19(17)21-14-8-4-3-5-9-14/h3-12,23H,2H2,1H3. The van der Waals surface area contributed by atoms with E-state index < -0.39 is 10.9 Å². The second-order valence-electron chi connectivity index (χ2n) is 5.66. The Kier molecular flexibility index (Phi) is 5.90. The smallest absolute Gasteiger partial charge is 0.344 e. The van der Waals surface area contributed by atoms with Gasteiger partial charge in [-0.3, -0.25) is 10.1 Å². The molecule has 0 bridgehead atoms. The third-order valence-corrected chi connectivity index (χ3v) is 4.76. The van der Waals surface area contributed by atoms with E-state index in [4.69, 9.17) is 4.74 Å².